The summed E-state index contributed by atoms with van der Waals surface area (Å²) < 4.78 is 29.3. The fourth-order valence-corrected chi connectivity index (χ4v) is 4.42. The molecule has 0 spiro atoms. The van der Waals surface area contributed by atoms with E-state index in [1.165, 1.54) is 26.2 Å². The van der Waals surface area contributed by atoms with Crippen molar-refractivity contribution in [3.63, 3.8) is 0 Å². The van der Waals surface area contributed by atoms with Crippen molar-refractivity contribution in [2.45, 2.75) is 38.1 Å². The Balaban J connectivity index is 1.43. The van der Waals surface area contributed by atoms with Crippen molar-refractivity contribution >= 4 is 28.6 Å². The van der Waals surface area contributed by atoms with Crippen LogP contribution in [0.15, 0.2) is 49.2 Å². The zero-order valence-corrected chi connectivity index (χ0v) is 21.8. The van der Waals surface area contributed by atoms with Gasteiger partial charge < -0.3 is 20.6 Å². The highest BCUT2D eigenvalue weighted by Crippen LogP contribution is 2.26. The molecule has 0 radical (unpaired) electrons. The predicted octanol–water partition coefficient (Wildman–Crippen LogP) is 2.75. The maximum Gasteiger partial charge on any atom is 0.255 e. The van der Waals surface area contributed by atoms with E-state index in [1.54, 1.807) is 22.9 Å². The minimum Gasteiger partial charge on any atom is -0.387 e. The van der Waals surface area contributed by atoms with E-state index in [0.29, 0.717) is 48.2 Å². The Labute approximate surface area is 228 Å². The third kappa shape index (κ3) is 5.67. The van der Waals surface area contributed by atoms with E-state index in [1.807, 2.05) is 11.0 Å². The lowest BCUT2D eigenvalue weighted by atomic mass is 10.0. The Morgan fingerprint density at radius 2 is 2.00 bits per heavy atom. The summed E-state index contributed by atoms with van der Waals surface area (Å²) in [6.07, 6.45) is 5.88. The Kier molecular flexibility index (Phi) is 7.27. The smallest absolute Gasteiger partial charge is 0.255 e. The molecule has 2 atom stereocenters. The van der Waals surface area contributed by atoms with Gasteiger partial charge in [0, 0.05) is 49.2 Å². The third-order valence-electron chi connectivity index (χ3n) is 6.68. The number of halogens is 2. The molecule has 0 aromatic carbocycles. The summed E-state index contributed by atoms with van der Waals surface area (Å²) in [5.41, 5.74) is 0.0596. The number of pyridine rings is 2. The Hall–Kier alpha value is -4.70. The van der Waals surface area contributed by atoms with Crippen LogP contribution in [-0.4, -0.2) is 73.0 Å². The lowest BCUT2D eigenvalue weighted by Gasteiger charge is -2.23. The molecule has 1 fully saturated rings. The maximum absolute atomic E-state index is 14.3. The van der Waals surface area contributed by atoms with Gasteiger partial charge in [-0.25, -0.2) is 28.7 Å². The van der Waals surface area contributed by atoms with Gasteiger partial charge in [0.25, 0.3) is 5.91 Å². The Bertz CT molecular complexity index is 1580. The lowest BCUT2D eigenvalue weighted by Crippen LogP contribution is -2.42. The first-order valence-electron chi connectivity index (χ1n) is 12.6. The molecule has 206 valence electrons. The Morgan fingerprint density at radius 3 is 2.73 bits per heavy atom. The highest BCUT2D eigenvalue weighted by atomic mass is 19.1. The van der Waals surface area contributed by atoms with Crippen LogP contribution in [0.3, 0.4) is 0 Å². The van der Waals surface area contributed by atoms with Crippen LogP contribution in [0.1, 0.15) is 36.2 Å². The molecule has 11 nitrogen and oxygen atoms in total. The van der Waals surface area contributed by atoms with Crippen LogP contribution in [0.2, 0.25) is 0 Å². The number of carbonyl (C=O) groups is 1. The number of hydrogen-bond donors (Lipinski definition) is 3. The zero-order valence-electron chi connectivity index (χ0n) is 21.8. The van der Waals surface area contributed by atoms with Gasteiger partial charge in [0.15, 0.2) is 5.82 Å². The molecule has 0 aliphatic carbocycles. The van der Waals surface area contributed by atoms with E-state index in [0.717, 1.165) is 17.8 Å². The standard InChI is InChI=1S/C27H27F2N9O2/c1-27(2,40)22(29)14-33-25(39)20-13-31-23(38-6-3-17-7-16(9-30)10-32-24(17)38)8-21(20)36-19-4-5-37(15-19)26-34-11-18(28)12-35-26/h3,6-8,10-13,19,22,40H,4-5,14-15H2,1-2H3,(H,31,36)(H,33,39)/t19-,22-/m1/s1. The summed E-state index contributed by atoms with van der Waals surface area (Å²) in [5, 5.41) is 25.8. The van der Waals surface area contributed by atoms with Gasteiger partial charge in [0.1, 0.15) is 23.7 Å². The fourth-order valence-electron chi connectivity index (χ4n) is 4.42. The third-order valence-corrected chi connectivity index (χ3v) is 6.68. The SMILES string of the molecule is CC(C)(O)[C@H](F)CNC(=O)c1cnc(-n2ccc3cc(C#N)cnc32)cc1N[C@@H]1CCN(c2ncc(F)cn2)C1. The van der Waals surface area contributed by atoms with E-state index < -0.39 is 23.5 Å². The molecular weight excluding hydrogens is 520 g/mol. The van der Waals surface area contributed by atoms with Gasteiger partial charge in [0.2, 0.25) is 5.95 Å². The number of alkyl halides is 1. The average molecular weight is 548 g/mol. The molecule has 0 saturated carbocycles. The number of carbonyl (C=O) groups excluding carboxylic acids is 1. The maximum atomic E-state index is 14.3. The molecule has 5 rings (SSSR count). The van der Waals surface area contributed by atoms with Crippen molar-refractivity contribution in [2.75, 3.05) is 29.9 Å². The number of nitriles is 1. The van der Waals surface area contributed by atoms with Crippen LogP contribution in [0.25, 0.3) is 16.9 Å². The summed E-state index contributed by atoms with van der Waals surface area (Å²) in [7, 11) is 0. The normalized spacial score (nSPS) is 16.1. The van der Waals surface area contributed by atoms with Gasteiger partial charge >= 0.3 is 0 Å². The second-order valence-electron chi connectivity index (χ2n) is 10.1. The van der Waals surface area contributed by atoms with E-state index in [2.05, 4.69) is 36.6 Å². The number of hydrogen-bond acceptors (Lipinski definition) is 9. The van der Waals surface area contributed by atoms with E-state index in [9.17, 15) is 23.9 Å². The van der Waals surface area contributed by atoms with Gasteiger partial charge in [0.05, 0.1) is 41.4 Å². The predicted molar refractivity (Wildman–Crippen MR) is 143 cm³/mol. The minimum absolute atomic E-state index is 0.113. The van der Waals surface area contributed by atoms with Crippen LogP contribution < -0.4 is 15.5 Å². The van der Waals surface area contributed by atoms with Crippen molar-refractivity contribution < 1.29 is 18.7 Å². The molecule has 1 amide bonds. The number of anilines is 2. The van der Waals surface area contributed by atoms with Crippen LogP contribution in [0.5, 0.6) is 0 Å². The minimum atomic E-state index is -1.67. The van der Waals surface area contributed by atoms with Gasteiger partial charge in [-0.1, -0.05) is 0 Å². The summed E-state index contributed by atoms with van der Waals surface area (Å²) in [6.45, 7) is 3.40. The first-order valence-corrected chi connectivity index (χ1v) is 12.6. The Morgan fingerprint density at radius 1 is 1.23 bits per heavy atom. The molecule has 3 N–H and O–H groups in total. The highest BCUT2D eigenvalue weighted by Gasteiger charge is 2.29. The number of aromatic nitrogens is 5. The molecule has 5 heterocycles. The topological polar surface area (TPSA) is 145 Å². The number of rotatable bonds is 8. The second kappa shape index (κ2) is 10.8. The molecule has 0 unspecified atom stereocenters. The van der Waals surface area contributed by atoms with Crippen molar-refractivity contribution in [3.8, 4) is 11.9 Å². The molecule has 4 aromatic rings. The molecule has 0 bridgehead atoms. The molecule has 1 aliphatic heterocycles. The fraction of sp³-hybridized carbons (Fsp3) is 0.333. The number of aliphatic hydroxyl groups is 1. The van der Waals surface area contributed by atoms with Crippen molar-refractivity contribution in [3.05, 3.63) is 66.1 Å². The molecule has 40 heavy (non-hydrogen) atoms. The number of nitrogens with one attached hydrogen (secondary N) is 2. The van der Waals surface area contributed by atoms with Crippen LogP contribution >= 0.6 is 0 Å². The second-order valence-corrected chi connectivity index (χ2v) is 10.1. The number of amides is 1. The van der Waals surface area contributed by atoms with E-state index in [4.69, 9.17) is 0 Å². The van der Waals surface area contributed by atoms with Crippen molar-refractivity contribution in [1.82, 2.24) is 29.8 Å². The van der Waals surface area contributed by atoms with E-state index in [-0.39, 0.29) is 18.2 Å². The molecular formula is C27H27F2N9O2. The van der Waals surface area contributed by atoms with Crippen molar-refractivity contribution in [1.29, 1.82) is 5.26 Å². The molecule has 13 heteroatoms. The summed E-state index contributed by atoms with van der Waals surface area (Å²) >= 11 is 0. The highest BCUT2D eigenvalue weighted by molar-refractivity contribution is 5.99. The molecule has 4 aromatic heterocycles. The molecule has 1 aliphatic rings. The number of fused-ring (bicyclic) bond motifs is 1. The van der Waals surface area contributed by atoms with Crippen LogP contribution in [0.4, 0.5) is 20.4 Å². The van der Waals surface area contributed by atoms with Crippen LogP contribution in [0, 0.1) is 17.1 Å². The summed E-state index contributed by atoms with van der Waals surface area (Å²) in [6, 6.07) is 7.20. The summed E-state index contributed by atoms with van der Waals surface area (Å²) in [4.78, 5) is 32.0. The van der Waals surface area contributed by atoms with Crippen LogP contribution in [-0.2, 0) is 0 Å². The van der Waals surface area contributed by atoms with Gasteiger partial charge in [-0.05, 0) is 32.4 Å². The summed E-state index contributed by atoms with van der Waals surface area (Å²) in [5.74, 6) is -0.197. The van der Waals surface area contributed by atoms with E-state index >= 15 is 0 Å². The molecule has 1 saturated heterocycles. The van der Waals surface area contributed by atoms with Crippen molar-refractivity contribution in [2.24, 2.45) is 0 Å². The van der Waals surface area contributed by atoms with Gasteiger partial charge in [-0.15, -0.1) is 0 Å². The van der Waals surface area contributed by atoms with Gasteiger partial charge in [-0.3, -0.25) is 9.36 Å². The van der Waals surface area contributed by atoms with Gasteiger partial charge in [-0.2, -0.15) is 5.26 Å². The number of nitrogens with zero attached hydrogens (tertiary/aromatic N) is 7. The average Bonchev–Trinajstić information content (AvgIpc) is 3.58. The quantitative estimate of drug-likeness (QED) is 0.303. The first kappa shape index (κ1) is 26.9. The largest absolute Gasteiger partial charge is 0.387 e. The first-order chi connectivity index (χ1) is 19.1. The lowest BCUT2D eigenvalue weighted by molar-refractivity contribution is -0.00177. The zero-order chi connectivity index (χ0) is 28.4. The monoisotopic (exact) mass is 547 g/mol.